The van der Waals surface area contributed by atoms with Crippen LogP contribution in [0.2, 0.25) is 0 Å². The van der Waals surface area contributed by atoms with Crippen molar-refractivity contribution in [2.24, 2.45) is 0 Å². The van der Waals surface area contributed by atoms with Crippen LogP contribution < -0.4 is 10.6 Å². The van der Waals surface area contributed by atoms with Crippen molar-refractivity contribution in [2.75, 3.05) is 19.4 Å². The van der Waals surface area contributed by atoms with Gasteiger partial charge in [-0.05, 0) is 42.4 Å². The second-order valence-corrected chi connectivity index (χ2v) is 3.88. The Morgan fingerprint density at radius 2 is 1.76 bits per heavy atom. The van der Waals surface area contributed by atoms with Crippen molar-refractivity contribution in [1.29, 1.82) is 0 Å². The standard InChI is InChI=1S/C14H17N3/c1-15-13-5-3-4-12(10-13)14(16-2)11-6-8-17-9-7-11/h3-10,14-16H,1-2H3. The summed E-state index contributed by atoms with van der Waals surface area (Å²) in [5, 5.41) is 6.49. The number of nitrogens with zero attached hydrogens (tertiary/aromatic N) is 1. The van der Waals surface area contributed by atoms with Gasteiger partial charge in [0.1, 0.15) is 0 Å². The van der Waals surface area contributed by atoms with Crippen LogP contribution in [0, 0.1) is 0 Å². The Kier molecular flexibility index (Phi) is 3.73. The molecule has 3 heteroatoms. The molecule has 17 heavy (non-hydrogen) atoms. The third-order valence-corrected chi connectivity index (χ3v) is 2.84. The van der Waals surface area contributed by atoms with Gasteiger partial charge < -0.3 is 10.6 Å². The van der Waals surface area contributed by atoms with Crippen LogP contribution in [0.5, 0.6) is 0 Å². The Labute approximate surface area is 102 Å². The van der Waals surface area contributed by atoms with Gasteiger partial charge in [-0.1, -0.05) is 12.1 Å². The van der Waals surface area contributed by atoms with Gasteiger partial charge in [0.2, 0.25) is 0 Å². The number of hydrogen-bond donors (Lipinski definition) is 2. The van der Waals surface area contributed by atoms with E-state index in [2.05, 4.69) is 39.9 Å². The van der Waals surface area contributed by atoms with E-state index < -0.39 is 0 Å². The summed E-state index contributed by atoms with van der Waals surface area (Å²) in [7, 11) is 3.90. The number of pyridine rings is 1. The molecule has 0 saturated heterocycles. The van der Waals surface area contributed by atoms with Crippen molar-refractivity contribution in [2.45, 2.75) is 6.04 Å². The smallest absolute Gasteiger partial charge is 0.0576 e. The minimum absolute atomic E-state index is 0.200. The largest absolute Gasteiger partial charge is 0.388 e. The molecule has 2 aromatic rings. The maximum absolute atomic E-state index is 4.05. The summed E-state index contributed by atoms with van der Waals surface area (Å²) < 4.78 is 0. The molecule has 0 aliphatic rings. The molecule has 0 amide bonds. The third kappa shape index (κ3) is 2.63. The average Bonchev–Trinajstić information content (AvgIpc) is 2.41. The van der Waals surface area contributed by atoms with Gasteiger partial charge in [-0.3, -0.25) is 4.98 Å². The van der Waals surface area contributed by atoms with E-state index in [4.69, 9.17) is 0 Å². The quantitative estimate of drug-likeness (QED) is 0.842. The van der Waals surface area contributed by atoms with E-state index >= 15 is 0 Å². The van der Waals surface area contributed by atoms with E-state index in [1.165, 1.54) is 11.1 Å². The Morgan fingerprint density at radius 3 is 2.41 bits per heavy atom. The maximum Gasteiger partial charge on any atom is 0.0576 e. The molecular weight excluding hydrogens is 210 g/mol. The van der Waals surface area contributed by atoms with Crippen molar-refractivity contribution in [1.82, 2.24) is 10.3 Å². The van der Waals surface area contributed by atoms with Crippen molar-refractivity contribution < 1.29 is 0 Å². The molecule has 2 rings (SSSR count). The molecular formula is C14H17N3. The van der Waals surface area contributed by atoms with Gasteiger partial charge >= 0.3 is 0 Å². The fourth-order valence-corrected chi connectivity index (χ4v) is 1.96. The molecule has 1 unspecified atom stereocenters. The van der Waals surface area contributed by atoms with E-state index in [0.29, 0.717) is 0 Å². The summed E-state index contributed by atoms with van der Waals surface area (Å²) in [6.45, 7) is 0. The second kappa shape index (κ2) is 5.46. The highest BCUT2D eigenvalue weighted by Gasteiger charge is 2.11. The fourth-order valence-electron chi connectivity index (χ4n) is 1.96. The molecule has 0 aliphatic heterocycles. The van der Waals surface area contributed by atoms with Crippen molar-refractivity contribution in [3.8, 4) is 0 Å². The Morgan fingerprint density at radius 1 is 1.00 bits per heavy atom. The lowest BCUT2D eigenvalue weighted by molar-refractivity contribution is 0.691. The first-order valence-electron chi connectivity index (χ1n) is 5.70. The number of anilines is 1. The summed E-state index contributed by atoms with van der Waals surface area (Å²) in [6.07, 6.45) is 3.64. The molecule has 1 heterocycles. The van der Waals surface area contributed by atoms with Crippen LogP contribution in [0.3, 0.4) is 0 Å². The van der Waals surface area contributed by atoms with E-state index in [-0.39, 0.29) is 6.04 Å². The van der Waals surface area contributed by atoms with Gasteiger partial charge in [0.05, 0.1) is 6.04 Å². The highest BCUT2D eigenvalue weighted by Crippen LogP contribution is 2.23. The number of benzene rings is 1. The molecule has 0 fully saturated rings. The lowest BCUT2D eigenvalue weighted by Crippen LogP contribution is -2.17. The molecule has 0 saturated carbocycles. The lowest BCUT2D eigenvalue weighted by Gasteiger charge is -2.17. The highest BCUT2D eigenvalue weighted by atomic mass is 14.9. The summed E-state index contributed by atoms with van der Waals surface area (Å²) in [6, 6.07) is 12.7. The maximum atomic E-state index is 4.05. The minimum atomic E-state index is 0.200. The Hall–Kier alpha value is -1.87. The number of hydrogen-bond acceptors (Lipinski definition) is 3. The van der Waals surface area contributed by atoms with Crippen molar-refractivity contribution >= 4 is 5.69 Å². The summed E-state index contributed by atoms with van der Waals surface area (Å²) >= 11 is 0. The van der Waals surface area contributed by atoms with Crippen LogP contribution in [0.25, 0.3) is 0 Å². The number of aromatic nitrogens is 1. The molecule has 0 spiro atoms. The van der Waals surface area contributed by atoms with Gasteiger partial charge in [-0.15, -0.1) is 0 Å². The molecule has 1 atom stereocenters. The average molecular weight is 227 g/mol. The Balaban J connectivity index is 2.35. The van der Waals surface area contributed by atoms with E-state index in [1.807, 2.05) is 38.6 Å². The second-order valence-electron chi connectivity index (χ2n) is 3.88. The SMILES string of the molecule is CNc1cccc(C(NC)c2ccncc2)c1. The van der Waals surface area contributed by atoms with Gasteiger partial charge in [0.25, 0.3) is 0 Å². The topological polar surface area (TPSA) is 37.0 Å². The van der Waals surface area contributed by atoms with E-state index in [0.717, 1.165) is 5.69 Å². The first-order chi connectivity index (χ1) is 8.35. The van der Waals surface area contributed by atoms with E-state index in [1.54, 1.807) is 0 Å². The van der Waals surface area contributed by atoms with Crippen molar-refractivity contribution in [3.05, 3.63) is 59.9 Å². The first kappa shape index (κ1) is 11.6. The summed E-state index contributed by atoms with van der Waals surface area (Å²) in [4.78, 5) is 4.05. The number of rotatable bonds is 4. The van der Waals surface area contributed by atoms with Crippen LogP contribution in [0.4, 0.5) is 5.69 Å². The Bertz CT molecular complexity index is 468. The summed E-state index contributed by atoms with van der Waals surface area (Å²) in [5.41, 5.74) is 3.58. The first-order valence-corrected chi connectivity index (χ1v) is 5.70. The zero-order valence-electron chi connectivity index (χ0n) is 10.1. The zero-order chi connectivity index (χ0) is 12.1. The molecule has 1 aromatic carbocycles. The molecule has 0 radical (unpaired) electrons. The van der Waals surface area contributed by atoms with Crippen LogP contribution >= 0.6 is 0 Å². The lowest BCUT2D eigenvalue weighted by atomic mass is 9.99. The van der Waals surface area contributed by atoms with Gasteiger partial charge in [-0.2, -0.15) is 0 Å². The summed E-state index contributed by atoms with van der Waals surface area (Å²) in [5.74, 6) is 0. The predicted octanol–water partition coefficient (Wildman–Crippen LogP) is 2.43. The van der Waals surface area contributed by atoms with Gasteiger partial charge in [0.15, 0.2) is 0 Å². The fraction of sp³-hybridized carbons (Fsp3) is 0.214. The predicted molar refractivity (Wildman–Crippen MR) is 71.1 cm³/mol. The molecule has 0 bridgehead atoms. The van der Waals surface area contributed by atoms with Crippen LogP contribution in [-0.4, -0.2) is 19.1 Å². The van der Waals surface area contributed by atoms with Gasteiger partial charge in [0, 0.05) is 25.1 Å². The van der Waals surface area contributed by atoms with Crippen LogP contribution in [0.15, 0.2) is 48.8 Å². The highest BCUT2D eigenvalue weighted by molar-refractivity contribution is 5.47. The molecule has 0 aliphatic carbocycles. The monoisotopic (exact) mass is 227 g/mol. The molecule has 88 valence electrons. The van der Waals surface area contributed by atoms with Crippen LogP contribution in [0.1, 0.15) is 17.2 Å². The van der Waals surface area contributed by atoms with Gasteiger partial charge in [-0.25, -0.2) is 0 Å². The van der Waals surface area contributed by atoms with Crippen molar-refractivity contribution in [3.63, 3.8) is 0 Å². The third-order valence-electron chi connectivity index (χ3n) is 2.84. The molecule has 1 aromatic heterocycles. The normalized spacial score (nSPS) is 12.1. The van der Waals surface area contributed by atoms with Crippen LogP contribution in [-0.2, 0) is 0 Å². The minimum Gasteiger partial charge on any atom is -0.388 e. The molecule has 3 nitrogen and oxygen atoms in total. The van der Waals surface area contributed by atoms with E-state index in [9.17, 15) is 0 Å². The zero-order valence-corrected chi connectivity index (χ0v) is 10.1. The number of nitrogens with one attached hydrogen (secondary N) is 2. The molecule has 2 N–H and O–H groups in total.